The van der Waals surface area contributed by atoms with Crippen LogP contribution in [-0.2, 0) is 29.5 Å². The first kappa shape index (κ1) is 16.1. The Morgan fingerprint density at radius 2 is 2.14 bits per heavy atom. The van der Waals surface area contributed by atoms with Gasteiger partial charge in [0, 0.05) is 17.6 Å². The molecular formula is C14H19N3O2S2. The van der Waals surface area contributed by atoms with Crippen LogP contribution in [0.3, 0.4) is 0 Å². The summed E-state index contributed by atoms with van der Waals surface area (Å²) >= 11 is 1.52. The van der Waals surface area contributed by atoms with E-state index in [4.69, 9.17) is 5.73 Å². The Bertz CT molecular complexity index is 724. The predicted molar refractivity (Wildman–Crippen MR) is 84.6 cm³/mol. The van der Waals surface area contributed by atoms with E-state index in [0.29, 0.717) is 12.1 Å². The highest BCUT2D eigenvalue weighted by Crippen LogP contribution is 2.19. The molecule has 0 unspecified atom stereocenters. The SMILES string of the molecule is CCc1cnc(CNS(=O)(=O)c2cccc(CN)c2C)s1. The van der Waals surface area contributed by atoms with Gasteiger partial charge < -0.3 is 5.73 Å². The molecular weight excluding hydrogens is 306 g/mol. The predicted octanol–water partition coefficient (Wildman–Crippen LogP) is 1.95. The summed E-state index contributed by atoms with van der Waals surface area (Å²) in [5.41, 5.74) is 7.15. The van der Waals surface area contributed by atoms with E-state index in [-0.39, 0.29) is 11.4 Å². The van der Waals surface area contributed by atoms with Crippen molar-refractivity contribution in [2.45, 2.75) is 38.3 Å². The summed E-state index contributed by atoms with van der Waals surface area (Å²) in [5.74, 6) is 0. The van der Waals surface area contributed by atoms with E-state index in [9.17, 15) is 8.42 Å². The summed E-state index contributed by atoms with van der Waals surface area (Å²) in [6.07, 6.45) is 2.69. The number of nitrogens with two attached hydrogens (primary N) is 1. The zero-order valence-corrected chi connectivity index (χ0v) is 13.7. The molecule has 0 saturated heterocycles. The van der Waals surface area contributed by atoms with Gasteiger partial charge >= 0.3 is 0 Å². The standard InChI is InChI=1S/C14H19N3O2S2/c1-3-12-8-16-14(20-12)9-17-21(18,19)13-6-4-5-11(7-15)10(13)2/h4-6,8,17H,3,7,9,15H2,1-2H3. The summed E-state index contributed by atoms with van der Waals surface area (Å²) in [5, 5.41) is 0.767. The van der Waals surface area contributed by atoms with Gasteiger partial charge in [0.15, 0.2) is 0 Å². The summed E-state index contributed by atoms with van der Waals surface area (Å²) < 4.78 is 27.4. The number of aryl methyl sites for hydroxylation is 1. The highest BCUT2D eigenvalue weighted by molar-refractivity contribution is 7.89. The smallest absolute Gasteiger partial charge is 0.241 e. The molecule has 0 bridgehead atoms. The van der Waals surface area contributed by atoms with Gasteiger partial charge in [0.25, 0.3) is 0 Å². The molecule has 0 amide bonds. The van der Waals surface area contributed by atoms with Gasteiger partial charge in [-0.15, -0.1) is 11.3 Å². The van der Waals surface area contributed by atoms with Crippen LogP contribution in [0.25, 0.3) is 0 Å². The Labute approximate surface area is 129 Å². The number of sulfonamides is 1. The minimum absolute atomic E-state index is 0.208. The molecule has 0 saturated carbocycles. The lowest BCUT2D eigenvalue weighted by molar-refractivity contribution is 0.580. The van der Waals surface area contributed by atoms with Crippen molar-refractivity contribution in [3.05, 3.63) is 45.4 Å². The van der Waals surface area contributed by atoms with Crippen LogP contribution in [0, 0.1) is 6.92 Å². The molecule has 0 spiro atoms. The fraction of sp³-hybridized carbons (Fsp3) is 0.357. The van der Waals surface area contributed by atoms with E-state index in [1.807, 2.05) is 13.0 Å². The third kappa shape index (κ3) is 3.68. The van der Waals surface area contributed by atoms with Crippen LogP contribution in [-0.4, -0.2) is 13.4 Å². The van der Waals surface area contributed by atoms with Gasteiger partial charge in [0.2, 0.25) is 10.0 Å². The maximum absolute atomic E-state index is 12.4. The van der Waals surface area contributed by atoms with Crippen LogP contribution < -0.4 is 10.5 Å². The number of hydrogen-bond acceptors (Lipinski definition) is 5. The third-order valence-electron chi connectivity index (χ3n) is 3.27. The van der Waals surface area contributed by atoms with Crippen molar-refractivity contribution >= 4 is 21.4 Å². The Kier molecular flexibility index (Phi) is 5.10. The lowest BCUT2D eigenvalue weighted by Gasteiger charge is -2.11. The molecule has 0 aliphatic rings. The van der Waals surface area contributed by atoms with E-state index in [2.05, 4.69) is 9.71 Å². The highest BCUT2D eigenvalue weighted by Gasteiger charge is 2.18. The summed E-state index contributed by atoms with van der Waals surface area (Å²) in [7, 11) is -3.56. The Hall–Kier alpha value is -1.28. The molecule has 1 heterocycles. The van der Waals surface area contributed by atoms with Gasteiger partial charge in [-0.25, -0.2) is 18.1 Å². The summed E-state index contributed by atoms with van der Waals surface area (Å²) in [6, 6.07) is 5.14. The first-order valence-corrected chi connectivity index (χ1v) is 8.99. The first-order valence-electron chi connectivity index (χ1n) is 6.69. The number of rotatable bonds is 6. The molecule has 5 nitrogen and oxygen atoms in total. The fourth-order valence-electron chi connectivity index (χ4n) is 2.00. The van der Waals surface area contributed by atoms with Crippen molar-refractivity contribution in [2.75, 3.05) is 0 Å². The number of aromatic nitrogens is 1. The molecule has 7 heteroatoms. The quantitative estimate of drug-likeness (QED) is 0.850. The Morgan fingerprint density at radius 3 is 2.76 bits per heavy atom. The van der Waals surface area contributed by atoms with Crippen LogP contribution in [0.4, 0.5) is 0 Å². The highest BCUT2D eigenvalue weighted by atomic mass is 32.2. The van der Waals surface area contributed by atoms with Crippen molar-refractivity contribution in [3.8, 4) is 0 Å². The van der Waals surface area contributed by atoms with Gasteiger partial charge in [0.05, 0.1) is 11.4 Å². The molecule has 0 aliphatic carbocycles. The van der Waals surface area contributed by atoms with Crippen LogP contribution in [0.5, 0.6) is 0 Å². The van der Waals surface area contributed by atoms with Gasteiger partial charge in [-0.1, -0.05) is 19.1 Å². The van der Waals surface area contributed by atoms with Crippen LogP contribution >= 0.6 is 11.3 Å². The molecule has 21 heavy (non-hydrogen) atoms. The van der Waals surface area contributed by atoms with Crippen LogP contribution in [0.15, 0.2) is 29.3 Å². The zero-order valence-electron chi connectivity index (χ0n) is 12.1. The Balaban J connectivity index is 2.18. The minimum atomic E-state index is -3.56. The molecule has 2 aromatic rings. The van der Waals surface area contributed by atoms with Gasteiger partial charge in [-0.2, -0.15) is 0 Å². The van der Waals surface area contributed by atoms with E-state index < -0.39 is 10.0 Å². The number of nitrogens with one attached hydrogen (secondary N) is 1. The van der Waals surface area contributed by atoms with E-state index in [1.165, 1.54) is 11.3 Å². The van der Waals surface area contributed by atoms with Gasteiger partial charge in [-0.05, 0) is 30.5 Å². The fourth-order valence-corrected chi connectivity index (χ4v) is 4.17. The molecule has 1 aromatic heterocycles. The lowest BCUT2D eigenvalue weighted by Crippen LogP contribution is -2.24. The van der Waals surface area contributed by atoms with E-state index in [1.54, 1.807) is 25.3 Å². The van der Waals surface area contributed by atoms with Crippen molar-refractivity contribution < 1.29 is 8.42 Å². The number of hydrogen-bond donors (Lipinski definition) is 2. The average Bonchev–Trinajstić information content (AvgIpc) is 2.93. The molecule has 2 rings (SSSR count). The first-order chi connectivity index (χ1) is 9.97. The van der Waals surface area contributed by atoms with Crippen molar-refractivity contribution in [2.24, 2.45) is 5.73 Å². The van der Waals surface area contributed by atoms with Crippen LogP contribution in [0.1, 0.15) is 27.9 Å². The maximum atomic E-state index is 12.4. The van der Waals surface area contributed by atoms with Crippen molar-refractivity contribution in [1.82, 2.24) is 9.71 Å². The van der Waals surface area contributed by atoms with E-state index in [0.717, 1.165) is 21.9 Å². The zero-order chi connectivity index (χ0) is 15.5. The summed E-state index contributed by atoms with van der Waals surface area (Å²) in [4.78, 5) is 5.63. The molecule has 0 fully saturated rings. The van der Waals surface area contributed by atoms with Gasteiger partial charge in [-0.3, -0.25) is 0 Å². The molecule has 3 N–H and O–H groups in total. The molecule has 1 aromatic carbocycles. The van der Waals surface area contributed by atoms with Crippen LogP contribution in [0.2, 0.25) is 0 Å². The summed E-state index contributed by atoms with van der Waals surface area (Å²) in [6.45, 7) is 4.35. The lowest BCUT2D eigenvalue weighted by atomic mass is 10.1. The second-order valence-corrected chi connectivity index (χ2v) is 7.58. The maximum Gasteiger partial charge on any atom is 0.241 e. The third-order valence-corrected chi connectivity index (χ3v) is 5.96. The average molecular weight is 325 g/mol. The molecule has 0 aliphatic heterocycles. The van der Waals surface area contributed by atoms with Gasteiger partial charge in [0.1, 0.15) is 5.01 Å². The monoisotopic (exact) mass is 325 g/mol. The number of benzene rings is 1. The molecule has 114 valence electrons. The largest absolute Gasteiger partial charge is 0.326 e. The van der Waals surface area contributed by atoms with Crippen molar-refractivity contribution in [3.63, 3.8) is 0 Å². The second kappa shape index (κ2) is 6.65. The Morgan fingerprint density at radius 1 is 1.38 bits per heavy atom. The normalized spacial score (nSPS) is 11.8. The topological polar surface area (TPSA) is 85.1 Å². The van der Waals surface area contributed by atoms with Crippen molar-refractivity contribution in [1.29, 1.82) is 0 Å². The molecule has 0 radical (unpaired) electrons. The number of nitrogens with zero attached hydrogens (tertiary/aromatic N) is 1. The number of thiazole rings is 1. The molecule has 0 atom stereocenters. The second-order valence-electron chi connectivity index (χ2n) is 4.64. The minimum Gasteiger partial charge on any atom is -0.326 e. The van der Waals surface area contributed by atoms with E-state index >= 15 is 0 Å².